The van der Waals surface area contributed by atoms with Crippen LogP contribution in [0.4, 0.5) is 0 Å². The minimum Gasteiger partial charge on any atom is -0.396 e. The van der Waals surface area contributed by atoms with Gasteiger partial charge in [0, 0.05) is 32.0 Å². The number of aliphatic hydroxyl groups excluding tert-OH is 1. The first-order valence-corrected chi connectivity index (χ1v) is 5.26. The second-order valence-electron chi connectivity index (χ2n) is 4.22. The fourth-order valence-electron chi connectivity index (χ4n) is 1.72. The number of hydrogen-bond donors (Lipinski definition) is 2. The summed E-state index contributed by atoms with van der Waals surface area (Å²) in [6.07, 6.45) is 1.47. The maximum atomic E-state index is 11.7. The van der Waals surface area contributed by atoms with Gasteiger partial charge < -0.3 is 15.7 Å². The van der Waals surface area contributed by atoms with Gasteiger partial charge in [-0.15, -0.1) is 0 Å². The zero-order valence-corrected chi connectivity index (χ0v) is 8.78. The topological polar surface area (TPSA) is 66.6 Å². The van der Waals surface area contributed by atoms with Crippen LogP contribution in [-0.2, 0) is 4.79 Å². The molecule has 1 aliphatic heterocycles. The maximum Gasteiger partial charge on any atom is 0.222 e. The number of rotatable bonds is 4. The molecule has 0 aromatic heterocycles. The minimum absolute atomic E-state index is 0.180. The molecule has 1 amide bonds. The van der Waals surface area contributed by atoms with Gasteiger partial charge in [-0.05, 0) is 18.9 Å². The Morgan fingerprint density at radius 1 is 1.71 bits per heavy atom. The molecular formula is C10H20N2O2. The van der Waals surface area contributed by atoms with E-state index >= 15 is 0 Å². The highest BCUT2D eigenvalue weighted by Gasteiger charge is 2.25. The number of amides is 1. The normalized spacial score (nSPS) is 23.9. The lowest BCUT2D eigenvalue weighted by Gasteiger charge is -2.18. The minimum atomic E-state index is 0.180. The van der Waals surface area contributed by atoms with E-state index in [2.05, 4.69) is 0 Å². The van der Waals surface area contributed by atoms with Crippen LogP contribution in [0.25, 0.3) is 0 Å². The van der Waals surface area contributed by atoms with Crippen LogP contribution in [0.5, 0.6) is 0 Å². The van der Waals surface area contributed by atoms with Crippen molar-refractivity contribution >= 4 is 5.91 Å². The second kappa shape index (κ2) is 5.32. The molecule has 1 fully saturated rings. The number of nitrogens with zero attached hydrogens (tertiary/aromatic N) is 1. The van der Waals surface area contributed by atoms with E-state index in [0.717, 1.165) is 13.0 Å². The van der Waals surface area contributed by atoms with Crippen molar-refractivity contribution in [3.05, 3.63) is 0 Å². The number of carbonyl (C=O) groups excluding carboxylic acids is 1. The summed E-state index contributed by atoms with van der Waals surface area (Å²) in [6.45, 7) is 4.24. The summed E-state index contributed by atoms with van der Waals surface area (Å²) in [5, 5.41) is 8.94. The van der Waals surface area contributed by atoms with E-state index in [1.165, 1.54) is 0 Å². The van der Waals surface area contributed by atoms with Crippen LogP contribution in [0.2, 0.25) is 0 Å². The summed E-state index contributed by atoms with van der Waals surface area (Å²) >= 11 is 0. The Hall–Kier alpha value is -0.610. The summed E-state index contributed by atoms with van der Waals surface area (Å²) in [7, 11) is 0. The van der Waals surface area contributed by atoms with Gasteiger partial charge in [-0.1, -0.05) is 6.92 Å². The van der Waals surface area contributed by atoms with Gasteiger partial charge in [0.15, 0.2) is 0 Å². The van der Waals surface area contributed by atoms with Crippen molar-refractivity contribution in [3.63, 3.8) is 0 Å². The molecule has 0 aliphatic carbocycles. The number of hydrogen-bond acceptors (Lipinski definition) is 3. The van der Waals surface area contributed by atoms with Crippen molar-refractivity contribution in [3.8, 4) is 0 Å². The third-order valence-corrected chi connectivity index (χ3v) is 2.82. The second-order valence-corrected chi connectivity index (χ2v) is 4.22. The summed E-state index contributed by atoms with van der Waals surface area (Å²) in [6, 6.07) is 0. The predicted molar refractivity (Wildman–Crippen MR) is 54.6 cm³/mol. The van der Waals surface area contributed by atoms with Gasteiger partial charge in [0.2, 0.25) is 5.91 Å². The van der Waals surface area contributed by atoms with Gasteiger partial charge in [-0.25, -0.2) is 0 Å². The number of likely N-dealkylation sites (tertiary alicyclic amines) is 1. The molecule has 82 valence electrons. The molecule has 2 atom stereocenters. The van der Waals surface area contributed by atoms with Crippen LogP contribution in [-0.4, -0.2) is 42.2 Å². The maximum absolute atomic E-state index is 11.7. The highest BCUT2D eigenvalue weighted by Crippen LogP contribution is 2.17. The van der Waals surface area contributed by atoms with Crippen LogP contribution in [0.3, 0.4) is 0 Å². The van der Waals surface area contributed by atoms with Crippen molar-refractivity contribution in [2.45, 2.75) is 19.8 Å². The van der Waals surface area contributed by atoms with E-state index in [4.69, 9.17) is 10.8 Å². The van der Waals surface area contributed by atoms with Gasteiger partial charge in [0.05, 0.1) is 0 Å². The lowest BCUT2D eigenvalue weighted by molar-refractivity contribution is -0.131. The van der Waals surface area contributed by atoms with Crippen molar-refractivity contribution in [1.82, 2.24) is 4.90 Å². The zero-order valence-electron chi connectivity index (χ0n) is 8.78. The Bertz CT molecular complexity index is 197. The lowest BCUT2D eigenvalue weighted by Crippen LogP contribution is -2.31. The molecule has 0 saturated carbocycles. The molecule has 1 rings (SSSR count). The van der Waals surface area contributed by atoms with Crippen LogP contribution in [0.15, 0.2) is 0 Å². The summed E-state index contributed by atoms with van der Waals surface area (Å²) in [5.41, 5.74) is 5.46. The van der Waals surface area contributed by atoms with E-state index in [9.17, 15) is 4.79 Å². The molecule has 0 spiro atoms. The van der Waals surface area contributed by atoms with Crippen LogP contribution < -0.4 is 5.73 Å². The number of carbonyl (C=O) groups is 1. The molecule has 0 bridgehead atoms. The lowest BCUT2D eigenvalue weighted by atomic mass is 10.1. The van der Waals surface area contributed by atoms with Gasteiger partial charge in [-0.2, -0.15) is 0 Å². The Balaban J connectivity index is 2.32. The van der Waals surface area contributed by atoms with Gasteiger partial charge in [0.25, 0.3) is 0 Å². The number of nitrogens with two attached hydrogens (primary N) is 1. The summed E-state index contributed by atoms with van der Waals surface area (Å²) < 4.78 is 0. The van der Waals surface area contributed by atoms with Crippen LogP contribution >= 0.6 is 0 Å². The first-order chi connectivity index (χ1) is 6.67. The molecular weight excluding hydrogens is 180 g/mol. The van der Waals surface area contributed by atoms with E-state index < -0.39 is 0 Å². The van der Waals surface area contributed by atoms with Crippen LogP contribution in [0.1, 0.15) is 19.8 Å². The summed E-state index contributed by atoms with van der Waals surface area (Å²) in [4.78, 5) is 13.5. The average molecular weight is 200 g/mol. The Morgan fingerprint density at radius 2 is 2.43 bits per heavy atom. The SMILES string of the molecule is CC(CN)CC(=O)N1CCC(CO)C1. The molecule has 0 aromatic rings. The van der Waals surface area contributed by atoms with Gasteiger partial charge in [0.1, 0.15) is 0 Å². The number of aliphatic hydroxyl groups is 1. The molecule has 0 aromatic carbocycles. The molecule has 2 unspecified atom stereocenters. The Labute approximate surface area is 85.1 Å². The highest BCUT2D eigenvalue weighted by atomic mass is 16.3. The van der Waals surface area contributed by atoms with Gasteiger partial charge in [-0.3, -0.25) is 4.79 Å². The first kappa shape index (κ1) is 11.5. The fourth-order valence-corrected chi connectivity index (χ4v) is 1.72. The summed E-state index contributed by atoms with van der Waals surface area (Å²) in [5.74, 6) is 0.724. The first-order valence-electron chi connectivity index (χ1n) is 5.26. The monoisotopic (exact) mass is 200 g/mol. The fraction of sp³-hybridized carbons (Fsp3) is 0.900. The van der Waals surface area contributed by atoms with Crippen molar-refractivity contribution < 1.29 is 9.90 Å². The van der Waals surface area contributed by atoms with Crippen molar-refractivity contribution in [2.75, 3.05) is 26.2 Å². The third kappa shape index (κ3) is 2.96. The molecule has 4 heteroatoms. The van der Waals surface area contributed by atoms with Gasteiger partial charge >= 0.3 is 0 Å². The Morgan fingerprint density at radius 3 is 2.93 bits per heavy atom. The smallest absolute Gasteiger partial charge is 0.222 e. The van der Waals surface area contributed by atoms with Crippen LogP contribution in [0, 0.1) is 11.8 Å². The van der Waals surface area contributed by atoms with E-state index in [-0.39, 0.29) is 24.3 Å². The molecule has 4 nitrogen and oxygen atoms in total. The molecule has 1 aliphatic rings. The van der Waals surface area contributed by atoms with Crippen molar-refractivity contribution in [1.29, 1.82) is 0 Å². The predicted octanol–water partition coefficient (Wildman–Crippen LogP) is -0.188. The van der Waals surface area contributed by atoms with E-state index in [1.807, 2.05) is 11.8 Å². The molecule has 0 radical (unpaired) electrons. The van der Waals surface area contributed by atoms with Crippen molar-refractivity contribution in [2.24, 2.45) is 17.6 Å². The largest absolute Gasteiger partial charge is 0.396 e. The standard InChI is InChI=1S/C10H20N2O2/c1-8(5-11)4-10(14)12-3-2-9(6-12)7-13/h8-9,13H,2-7,11H2,1H3. The van der Waals surface area contributed by atoms with E-state index in [0.29, 0.717) is 19.5 Å². The molecule has 1 heterocycles. The van der Waals surface area contributed by atoms with E-state index in [1.54, 1.807) is 0 Å². The third-order valence-electron chi connectivity index (χ3n) is 2.82. The average Bonchev–Trinajstić information content (AvgIpc) is 2.65. The molecule has 1 saturated heterocycles. The molecule has 3 N–H and O–H groups in total. The quantitative estimate of drug-likeness (QED) is 0.661. The molecule has 14 heavy (non-hydrogen) atoms. The zero-order chi connectivity index (χ0) is 10.6. The highest BCUT2D eigenvalue weighted by molar-refractivity contribution is 5.76. The Kier molecular flexibility index (Phi) is 4.35.